The minimum Gasteiger partial charge on any atom is -0.484 e. The van der Waals surface area contributed by atoms with Crippen LogP contribution in [-0.2, 0) is 16.1 Å². The molecule has 0 aromatic heterocycles. The number of morpholine rings is 1. The van der Waals surface area contributed by atoms with Crippen molar-refractivity contribution in [2.45, 2.75) is 18.6 Å². The molecule has 3 heterocycles. The van der Waals surface area contributed by atoms with E-state index in [1.54, 1.807) is 4.90 Å². The van der Waals surface area contributed by atoms with Crippen LogP contribution in [0.4, 0.5) is 0 Å². The second-order valence-electron chi connectivity index (χ2n) is 9.19. The summed E-state index contributed by atoms with van der Waals surface area (Å²) in [6.45, 7) is 9.96. The summed E-state index contributed by atoms with van der Waals surface area (Å²) in [5, 5.41) is 11.1. The van der Waals surface area contributed by atoms with Crippen LogP contribution in [0.2, 0.25) is 0 Å². The number of nitrogens with zero attached hydrogens (tertiary/aromatic N) is 4. The third kappa shape index (κ3) is 6.40. The zero-order valence-corrected chi connectivity index (χ0v) is 18.7. The highest BCUT2D eigenvalue weighted by molar-refractivity contribution is 5.77. The number of carbonyl (C=O) groups excluding carboxylic acids is 1. The third-order valence-electron chi connectivity index (χ3n) is 6.58. The first-order valence-corrected chi connectivity index (χ1v) is 11.4. The Hall–Kier alpha value is -1.71. The molecular formula is C23H36N4O4. The summed E-state index contributed by atoms with van der Waals surface area (Å²) < 4.78 is 11.0. The molecule has 8 heteroatoms. The molecule has 172 valence electrons. The van der Waals surface area contributed by atoms with Crippen molar-refractivity contribution in [3.05, 3.63) is 29.8 Å². The smallest absolute Gasteiger partial charge is 0.260 e. The molecule has 1 atom stereocenters. The van der Waals surface area contributed by atoms with Crippen LogP contribution >= 0.6 is 0 Å². The van der Waals surface area contributed by atoms with E-state index in [2.05, 4.69) is 21.7 Å². The number of amides is 1. The van der Waals surface area contributed by atoms with E-state index in [4.69, 9.17) is 9.47 Å². The Kier molecular flexibility index (Phi) is 7.45. The van der Waals surface area contributed by atoms with Crippen LogP contribution in [0.5, 0.6) is 5.75 Å². The zero-order valence-electron chi connectivity index (χ0n) is 18.7. The average molecular weight is 433 g/mol. The summed E-state index contributed by atoms with van der Waals surface area (Å²) in [5.41, 5.74) is 0.578. The Balaban J connectivity index is 1.20. The highest BCUT2D eigenvalue weighted by Gasteiger charge is 2.37. The van der Waals surface area contributed by atoms with Gasteiger partial charge >= 0.3 is 0 Å². The molecule has 1 amide bonds. The van der Waals surface area contributed by atoms with Gasteiger partial charge in [0.2, 0.25) is 0 Å². The SMILES string of the molecule is CN1CCN(CC2(O)CCN(Cc3ccc(OCC(=O)N4CCOCC4)cc3)C2)CC1. The molecule has 0 bridgehead atoms. The predicted molar refractivity (Wildman–Crippen MR) is 118 cm³/mol. The van der Waals surface area contributed by atoms with E-state index in [9.17, 15) is 9.90 Å². The van der Waals surface area contributed by atoms with Crippen LogP contribution in [0.25, 0.3) is 0 Å². The van der Waals surface area contributed by atoms with Gasteiger partial charge in [-0.15, -0.1) is 0 Å². The highest BCUT2D eigenvalue weighted by atomic mass is 16.5. The molecular weight excluding hydrogens is 396 g/mol. The minimum absolute atomic E-state index is 0.00378. The molecule has 1 aromatic carbocycles. The topological polar surface area (TPSA) is 68.7 Å². The maximum atomic E-state index is 12.2. The first kappa shape index (κ1) is 22.5. The van der Waals surface area contributed by atoms with Gasteiger partial charge in [-0.2, -0.15) is 0 Å². The third-order valence-corrected chi connectivity index (χ3v) is 6.58. The second kappa shape index (κ2) is 10.3. The van der Waals surface area contributed by atoms with Crippen LogP contribution in [0.1, 0.15) is 12.0 Å². The maximum Gasteiger partial charge on any atom is 0.260 e. The summed E-state index contributed by atoms with van der Waals surface area (Å²) >= 11 is 0. The molecule has 3 aliphatic heterocycles. The molecule has 1 aromatic rings. The van der Waals surface area contributed by atoms with Crippen molar-refractivity contribution in [2.24, 2.45) is 0 Å². The molecule has 4 rings (SSSR count). The van der Waals surface area contributed by atoms with Gasteiger partial charge in [0.25, 0.3) is 5.91 Å². The van der Waals surface area contributed by atoms with Gasteiger partial charge < -0.3 is 24.4 Å². The van der Waals surface area contributed by atoms with Crippen molar-refractivity contribution >= 4 is 5.91 Å². The number of aliphatic hydroxyl groups is 1. The number of rotatable bonds is 7. The van der Waals surface area contributed by atoms with Gasteiger partial charge in [0, 0.05) is 65.4 Å². The van der Waals surface area contributed by atoms with E-state index in [-0.39, 0.29) is 12.5 Å². The molecule has 1 unspecified atom stereocenters. The van der Waals surface area contributed by atoms with Gasteiger partial charge in [-0.1, -0.05) is 12.1 Å². The molecule has 1 N–H and O–H groups in total. The standard InChI is InChI=1S/C23H36N4O4/c1-24-8-10-25(11-9-24)18-23(29)6-7-26(19-23)16-20-2-4-21(5-3-20)31-17-22(28)27-12-14-30-15-13-27/h2-5,29H,6-19H2,1H3. The second-order valence-corrected chi connectivity index (χ2v) is 9.19. The quantitative estimate of drug-likeness (QED) is 0.656. The molecule has 3 aliphatic rings. The lowest BCUT2D eigenvalue weighted by Gasteiger charge is -2.36. The molecule has 0 spiro atoms. The monoisotopic (exact) mass is 432 g/mol. The van der Waals surface area contributed by atoms with Crippen LogP contribution in [0, 0.1) is 0 Å². The summed E-state index contributed by atoms with van der Waals surface area (Å²) in [6, 6.07) is 7.95. The lowest BCUT2D eigenvalue weighted by Crippen LogP contribution is -2.51. The van der Waals surface area contributed by atoms with Gasteiger partial charge in [-0.3, -0.25) is 14.6 Å². The number of piperazine rings is 1. The Bertz CT molecular complexity index is 717. The van der Waals surface area contributed by atoms with Gasteiger partial charge in [0.15, 0.2) is 6.61 Å². The molecule has 0 radical (unpaired) electrons. The van der Waals surface area contributed by atoms with Gasteiger partial charge in [-0.05, 0) is 31.2 Å². The van der Waals surface area contributed by atoms with E-state index in [0.29, 0.717) is 38.6 Å². The Labute approximate surface area is 185 Å². The normalized spacial score (nSPS) is 26.3. The van der Waals surface area contributed by atoms with Crippen molar-refractivity contribution in [1.29, 1.82) is 0 Å². The fraction of sp³-hybridized carbons (Fsp3) is 0.696. The van der Waals surface area contributed by atoms with Gasteiger partial charge in [-0.25, -0.2) is 0 Å². The Morgan fingerprint density at radius 2 is 1.74 bits per heavy atom. The lowest BCUT2D eigenvalue weighted by molar-refractivity contribution is -0.137. The average Bonchev–Trinajstić information content (AvgIpc) is 3.15. The highest BCUT2D eigenvalue weighted by Crippen LogP contribution is 2.25. The number of benzene rings is 1. The summed E-state index contributed by atoms with van der Waals surface area (Å²) in [7, 11) is 2.15. The van der Waals surface area contributed by atoms with Crippen LogP contribution in [0.15, 0.2) is 24.3 Å². The van der Waals surface area contributed by atoms with E-state index in [1.807, 2.05) is 24.3 Å². The number of hydrogen-bond donors (Lipinski definition) is 1. The number of β-amino-alcohol motifs (C(OH)–C–C–N with tert-alkyl or cyclic N) is 1. The van der Waals surface area contributed by atoms with E-state index < -0.39 is 5.60 Å². The first-order chi connectivity index (χ1) is 15.0. The maximum absolute atomic E-state index is 12.2. The van der Waals surface area contributed by atoms with Crippen molar-refractivity contribution in [3.8, 4) is 5.75 Å². The molecule has 0 aliphatic carbocycles. The molecule has 3 saturated heterocycles. The number of ether oxygens (including phenoxy) is 2. The number of likely N-dealkylation sites (N-methyl/N-ethyl adjacent to an activating group) is 1. The molecule has 3 fully saturated rings. The number of likely N-dealkylation sites (tertiary alicyclic amines) is 1. The fourth-order valence-corrected chi connectivity index (χ4v) is 4.63. The Morgan fingerprint density at radius 3 is 2.45 bits per heavy atom. The zero-order chi connectivity index (χ0) is 21.7. The van der Waals surface area contributed by atoms with Gasteiger partial charge in [0.05, 0.1) is 18.8 Å². The number of hydrogen-bond acceptors (Lipinski definition) is 7. The molecule has 0 saturated carbocycles. The van der Waals surface area contributed by atoms with Crippen LogP contribution < -0.4 is 4.74 Å². The fourth-order valence-electron chi connectivity index (χ4n) is 4.63. The first-order valence-electron chi connectivity index (χ1n) is 11.4. The molecule has 8 nitrogen and oxygen atoms in total. The van der Waals surface area contributed by atoms with Crippen molar-refractivity contribution in [2.75, 3.05) is 85.8 Å². The summed E-state index contributed by atoms with van der Waals surface area (Å²) in [4.78, 5) is 21.0. The summed E-state index contributed by atoms with van der Waals surface area (Å²) in [5.74, 6) is 0.711. The largest absolute Gasteiger partial charge is 0.484 e. The van der Waals surface area contributed by atoms with Gasteiger partial charge in [0.1, 0.15) is 5.75 Å². The van der Waals surface area contributed by atoms with Crippen molar-refractivity contribution < 1.29 is 19.4 Å². The molecule has 31 heavy (non-hydrogen) atoms. The van der Waals surface area contributed by atoms with E-state index in [0.717, 1.165) is 52.2 Å². The minimum atomic E-state index is -0.612. The van der Waals surface area contributed by atoms with Crippen molar-refractivity contribution in [1.82, 2.24) is 19.6 Å². The van der Waals surface area contributed by atoms with E-state index in [1.165, 1.54) is 5.56 Å². The lowest BCUT2D eigenvalue weighted by atomic mass is 10.0. The van der Waals surface area contributed by atoms with Crippen LogP contribution in [0.3, 0.4) is 0 Å². The van der Waals surface area contributed by atoms with Crippen molar-refractivity contribution in [3.63, 3.8) is 0 Å². The summed E-state index contributed by atoms with van der Waals surface area (Å²) in [6.07, 6.45) is 0.824. The predicted octanol–water partition coefficient (Wildman–Crippen LogP) is 0.108. The van der Waals surface area contributed by atoms with Crippen LogP contribution in [-0.4, -0.2) is 122 Å². The van der Waals surface area contributed by atoms with E-state index >= 15 is 0 Å². The Morgan fingerprint density at radius 1 is 1.03 bits per heavy atom. The number of carbonyl (C=O) groups is 1.